The minimum absolute atomic E-state index is 0.234. The highest BCUT2D eigenvalue weighted by molar-refractivity contribution is 6.31. The van der Waals surface area contributed by atoms with E-state index in [1.165, 1.54) is 13.2 Å². The maximum Gasteiger partial charge on any atom is 0.274 e. The molecule has 0 atom stereocenters. The summed E-state index contributed by atoms with van der Waals surface area (Å²) in [5, 5.41) is 14.0. The maximum absolute atomic E-state index is 13.4. The lowest BCUT2D eigenvalue weighted by Gasteiger charge is -2.11. The molecule has 0 spiro atoms. The third-order valence-electron chi connectivity index (χ3n) is 2.53. The van der Waals surface area contributed by atoms with E-state index in [1.807, 2.05) is 0 Å². The average Bonchev–Trinajstić information content (AvgIpc) is 2.38. The van der Waals surface area contributed by atoms with Crippen LogP contribution in [-0.2, 0) is 0 Å². The van der Waals surface area contributed by atoms with Gasteiger partial charge in [0.05, 0.1) is 23.8 Å². The number of halogens is 2. The van der Waals surface area contributed by atoms with Gasteiger partial charge in [-0.1, -0.05) is 11.6 Å². The number of hydrogen-bond donors (Lipinski definition) is 1. The number of benzene rings is 2. The number of nitro groups is 1. The molecule has 0 heterocycles. The third kappa shape index (κ3) is 3.16. The molecule has 0 aliphatic rings. The molecule has 0 bridgehead atoms. The normalized spacial score (nSPS) is 10.2. The molecule has 20 heavy (non-hydrogen) atoms. The number of nitro benzene ring substituents is 1. The van der Waals surface area contributed by atoms with E-state index in [2.05, 4.69) is 5.32 Å². The molecular formula is C13H10ClFN2O3. The molecular weight excluding hydrogens is 287 g/mol. The fourth-order valence-corrected chi connectivity index (χ4v) is 1.86. The summed E-state index contributed by atoms with van der Waals surface area (Å²) < 4.78 is 18.5. The lowest BCUT2D eigenvalue weighted by molar-refractivity contribution is -0.385. The quantitative estimate of drug-likeness (QED) is 0.680. The van der Waals surface area contributed by atoms with Gasteiger partial charge in [-0.2, -0.15) is 0 Å². The highest BCUT2D eigenvalue weighted by atomic mass is 35.5. The monoisotopic (exact) mass is 296 g/mol. The van der Waals surface area contributed by atoms with E-state index in [0.717, 1.165) is 12.1 Å². The molecule has 2 aromatic rings. The molecule has 7 heteroatoms. The SMILES string of the molecule is COc1ccc(Cl)cc1Nc1cc(F)cc([N+](=O)[O-])c1. The summed E-state index contributed by atoms with van der Waals surface area (Å²) in [7, 11) is 1.47. The van der Waals surface area contributed by atoms with Crippen LogP contribution in [0.25, 0.3) is 0 Å². The summed E-state index contributed by atoms with van der Waals surface area (Å²) in [5.74, 6) is -0.219. The Morgan fingerprint density at radius 2 is 2.05 bits per heavy atom. The van der Waals surface area contributed by atoms with Gasteiger partial charge in [0, 0.05) is 16.8 Å². The van der Waals surface area contributed by atoms with Crippen molar-refractivity contribution in [1.29, 1.82) is 0 Å². The maximum atomic E-state index is 13.4. The Morgan fingerprint density at radius 1 is 1.30 bits per heavy atom. The molecule has 2 aromatic carbocycles. The number of nitrogens with zero attached hydrogens (tertiary/aromatic N) is 1. The topological polar surface area (TPSA) is 64.4 Å². The van der Waals surface area contributed by atoms with Crippen LogP contribution < -0.4 is 10.1 Å². The van der Waals surface area contributed by atoms with Gasteiger partial charge in [-0.05, 0) is 24.3 Å². The minimum atomic E-state index is -0.706. The van der Waals surface area contributed by atoms with E-state index in [0.29, 0.717) is 16.5 Å². The lowest BCUT2D eigenvalue weighted by atomic mass is 10.2. The van der Waals surface area contributed by atoms with Gasteiger partial charge < -0.3 is 10.1 Å². The molecule has 1 N–H and O–H groups in total. The Bertz CT molecular complexity index is 664. The van der Waals surface area contributed by atoms with Crippen molar-refractivity contribution < 1.29 is 14.1 Å². The van der Waals surface area contributed by atoms with Crippen molar-refractivity contribution in [1.82, 2.24) is 0 Å². The molecule has 0 unspecified atom stereocenters. The largest absolute Gasteiger partial charge is 0.495 e. The number of rotatable bonds is 4. The van der Waals surface area contributed by atoms with Gasteiger partial charge in [-0.3, -0.25) is 10.1 Å². The lowest BCUT2D eigenvalue weighted by Crippen LogP contribution is -1.97. The Hall–Kier alpha value is -2.34. The fourth-order valence-electron chi connectivity index (χ4n) is 1.69. The summed E-state index contributed by atoms with van der Waals surface area (Å²) in [5.41, 5.74) is 0.380. The predicted molar refractivity (Wildman–Crippen MR) is 74.3 cm³/mol. The fraction of sp³-hybridized carbons (Fsp3) is 0.0769. The first-order valence-corrected chi connectivity index (χ1v) is 5.93. The second kappa shape index (κ2) is 5.75. The summed E-state index contributed by atoms with van der Waals surface area (Å²) in [4.78, 5) is 10.0. The minimum Gasteiger partial charge on any atom is -0.495 e. The van der Waals surface area contributed by atoms with Crippen LogP contribution in [0.5, 0.6) is 5.75 Å². The summed E-state index contributed by atoms with van der Waals surface area (Å²) in [6.07, 6.45) is 0. The second-order valence-electron chi connectivity index (χ2n) is 3.92. The number of nitrogens with one attached hydrogen (secondary N) is 1. The molecule has 2 rings (SSSR count). The highest BCUT2D eigenvalue weighted by Gasteiger charge is 2.11. The van der Waals surface area contributed by atoms with Gasteiger partial charge in [0.15, 0.2) is 0 Å². The van der Waals surface area contributed by atoms with Crippen LogP contribution in [0.15, 0.2) is 36.4 Å². The van der Waals surface area contributed by atoms with E-state index in [-0.39, 0.29) is 11.4 Å². The smallest absolute Gasteiger partial charge is 0.274 e. The van der Waals surface area contributed by atoms with Gasteiger partial charge in [0.25, 0.3) is 5.69 Å². The number of anilines is 2. The van der Waals surface area contributed by atoms with Gasteiger partial charge >= 0.3 is 0 Å². The van der Waals surface area contributed by atoms with E-state index in [9.17, 15) is 14.5 Å². The van der Waals surface area contributed by atoms with Crippen molar-refractivity contribution in [2.24, 2.45) is 0 Å². The van der Waals surface area contributed by atoms with Crippen molar-refractivity contribution in [3.63, 3.8) is 0 Å². The Balaban J connectivity index is 2.39. The predicted octanol–water partition coefficient (Wildman–Crippen LogP) is 4.14. The Labute approximate surface area is 119 Å². The molecule has 0 saturated carbocycles. The average molecular weight is 297 g/mol. The van der Waals surface area contributed by atoms with Crippen LogP contribution in [-0.4, -0.2) is 12.0 Å². The molecule has 5 nitrogen and oxygen atoms in total. The molecule has 0 aliphatic heterocycles. The number of methoxy groups -OCH3 is 1. The number of non-ortho nitro benzene ring substituents is 1. The number of ether oxygens (including phenoxy) is 1. The van der Waals surface area contributed by atoms with Crippen LogP contribution in [0.1, 0.15) is 0 Å². The molecule has 104 valence electrons. The zero-order valence-corrected chi connectivity index (χ0v) is 11.1. The van der Waals surface area contributed by atoms with Crippen molar-refractivity contribution >= 4 is 28.7 Å². The van der Waals surface area contributed by atoms with E-state index >= 15 is 0 Å². The van der Waals surface area contributed by atoms with Gasteiger partial charge in [-0.25, -0.2) is 4.39 Å². The molecule has 0 aliphatic carbocycles. The zero-order valence-electron chi connectivity index (χ0n) is 10.4. The molecule has 0 saturated heterocycles. The van der Waals surface area contributed by atoms with Gasteiger partial charge in [0.2, 0.25) is 0 Å². The second-order valence-corrected chi connectivity index (χ2v) is 4.36. The molecule has 0 fully saturated rings. The van der Waals surface area contributed by atoms with Crippen LogP contribution in [0.2, 0.25) is 5.02 Å². The Kier molecular flexibility index (Phi) is 4.05. The van der Waals surface area contributed by atoms with Crippen LogP contribution in [0, 0.1) is 15.9 Å². The summed E-state index contributed by atoms with van der Waals surface area (Å²) >= 11 is 5.88. The first-order valence-electron chi connectivity index (χ1n) is 5.55. The van der Waals surface area contributed by atoms with Gasteiger partial charge in [0.1, 0.15) is 11.6 Å². The summed E-state index contributed by atoms with van der Waals surface area (Å²) in [6.45, 7) is 0. The molecule has 0 radical (unpaired) electrons. The molecule has 0 amide bonds. The van der Waals surface area contributed by atoms with Crippen molar-refractivity contribution in [2.45, 2.75) is 0 Å². The molecule has 0 aromatic heterocycles. The van der Waals surface area contributed by atoms with Gasteiger partial charge in [-0.15, -0.1) is 0 Å². The van der Waals surface area contributed by atoms with E-state index in [4.69, 9.17) is 16.3 Å². The first kappa shape index (κ1) is 14.1. The van der Waals surface area contributed by atoms with Crippen LogP contribution in [0.4, 0.5) is 21.5 Å². The third-order valence-corrected chi connectivity index (χ3v) is 2.77. The standard InChI is InChI=1S/C13H10ClFN2O3/c1-20-13-3-2-8(14)4-12(13)16-10-5-9(15)6-11(7-10)17(18)19/h2-7,16H,1H3. The zero-order chi connectivity index (χ0) is 14.7. The van der Waals surface area contributed by atoms with Crippen LogP contribution in [0.3, 0.4) is 0 Å². The summed E-state index contributed by atoms with van der Waals surface area (Å²) in [6, 6.07) is 8.08. The first-order chi connectivity index (χ1) is 9.49. The van der Waals surface area contributed by atoms with E-state index in [1.54, 1.807) is 18.2 Å². The van der Waals surface area contributed by atoms with Crippen molar-refractivity contribution in [2.75, 3.05) is 12.4 Å². The van der Waals surface area contributed by atoms with Crippen LogP contribution >= 0.6 is 11.6 Å². The number of hydrogen-bond acceptors (Lipinski definition) is 4. The van der Waals surface area contributed by atoms with Crippen molar-refractivity contribution in [3.8, 4) is 5.75 Å². The van der Waals surface area contributed by atoms with E-state index < -0.39 is 10.7 Å². The van der Waals surface area contributed by atoms with Crippen molar-refractivity contribution in [3.05, 3.63) is 57.4 Å². The highest BCUT2D eigenvalue weighted by Crippen LogP contribution is 2.31. The Morgan fingerprint density at radius 3 is 2.70 bits per heavy atom.